The average Bonchev–Trinajstić information content (AvgIpc) is 2.84. The molecule has 1 aliphatic carbocycles. The summed E-state index contributed by atoms with van der Waals surface area (Å²) in [6.07, 6.45) is 1.09. The fourth-order valence-electron chi connectivity index (χ4n) is 1.74. The van der Waals surface area contributed by atoms with Gasteiger partial charge in [-0.05, 0) is 28.0 Å². The van der Waals surface area contributed by atoms with Crippen molar-refractivity contribution in [3.05, 3.63) is 46.5 Å². The highest BCUT2D eigenvalue weighted by molar-refractivity contribution is 6.33. The van der Waals surface area contributed by atoms with E-state index in [0.29, 0.717) is 0 Å². The van der Waals surface area contributed by atoms with Gasteiger partial charge in [0.2, 0.25) is 0 Å². The molecule has 0 aromatic heterocycles. The number of rotatable bonds is 0. The maximum absolute atomic E-state index is 6.04. The Balaban J connectivity index is 2.53. The number of benzene rings is 2. The van der Waals surface area contributed by atoms with Gasteiger partial charge in [0.25, 0.3) is 0 Å². The predicted octanol–water partition coefficient (Wildman–Crippen LogP) is 3.40. The molecule has 0 spiro atoms. The SMILES string of the molecule is Clc1cc2ccccc2c2c1C2. The van der Waals surface area contributed by atoms with Gasteiger partial charge in [0.15, 0.2) is 0 Å². The molecule has 1 heteroatoms. The van der Waals surface area contributed by atoms with E-state index >= 15 is 0 Å². The van der Waals surface area contributed by atoms with Crippen molar-refractivity contribution >= 4 is 22.4 Å². The van der Waals surface area contributed by atoms with Crippen LogP contribution in [0.4, 0.5) is 0 Å². The summed E-state index contributed by atoms with van der Waals surface area (Å²) in [4.78, 5) is 0. The first-order valence-electron chi connectivity index (χ1n) is 4.05. The van der Waals surface area contributed by atoms with E-state index in [0.717, 1.165) is 11.4 Å². The zero-order chi connectivity index (χ0) is 8.13. The van der Waals surface area contributed by atoms with Crippen LogP contribution in [0.2, 0.25) is 5.02 Å². The molecule has 0 heterocycles. The van der Waals surface area contributed by atoms with Gasteiger partial charge in [-0.25, -0.2) is 0 Å². The monoisotopic (exact) mass is 174 g/mol. The molecule has 0 radical (unpaired) electrons. The summed E-state index contributed by atoms with van der Waals surface area (Å²) in [5.74, 6) is 0. The van der Waals surface area contributed by atoms with Crippen molar-refractivity contribution in [2.24, 2.45) is 0 Å². The first-order chi connectivity index (χ1) is 5.86. The number of fused-ring (bicyclic) bond motifs is 3. The molecule has 12 heavy (non-hydrogen) atoms. The summed E-state index contributed by atoms with van der Waals surface area (Å²) in [6.45, 7) is 0. The standard InChI is InChI=1S/C11H7Cl/c12-11-5-7-3-1-2-4-8(7)9-6-10(9)11/h1-5H,6H2. The Morgan fingerprint density at radius 2 is 1.92 bits per heavy atom. The van der Waals surface area contributed by atoms with Crippen LogP contribution >= 0.6 is 11.6 Å². The zero-order valence-corrected chi connectivity index (χ0v) is 7.23. The fraction of sp³-hybridized carbons (Fsp3) is 0.0909. The molecule has 3 rings (SSSR count). The van der Waals surface area contributed by atoms with Crippen molar-refractivity contribution in [1.82, 2.24) is 0 Å². The third kappa shape index (κ3) is 0.733. The van der Waals surface area contributed by atoms with Crippen molar-refractivity contribution in [2.45, 2.75) is 6.42 Å². The second-order valence-corrected chi connectivity index (χ2v) is 3.62. The molecule has 0 aliphatic heterocycles. The van der Waals surface area contributed by atoms with E-state index in [-0.39, 0.29) is 0 Å². The highest BCUT2D eigenvalue weighted by atomic mass is 35.5. The van der Waals surface area contributed by atoms with E-state index in [4.69, 9.17) is 11.6 Å². The molecule has 2 aromatic carbocycles. The van der Waals surface area contributed by atoms with Crippen LogP contribution in [-0.2, 0) is 6.42 Å². The Labute approximate surface area is 75.8 Å². The molecule has 0 saturated carbocycles. The molecule has 58 valence electrons. The first kappa shape index (κ1) is 6.50. The van der Waals surface area contributed by atoms with E-state index in [1.165, 1.54) is 21.9 Å². The van der Waals surface area contributed by atoms with Crippen molar-refractivity contribution in [1.29, 1.82) is 0 Å². The summed E-state index contributed by atoms with van der Waals surface area (Å²) in [5, 5.41) is 3.57. The van der Waals surface area contributed by atoms with Gasteiger partial charge in [-0.3, -0.25) is 0 Å². The van der Waals surface area contributed by atoms with Gasteiger partial charge in [0.05, 0.1) is 0 Å². The molecule has 0 nitrogen and oxygen atoms in total. The van der Waals surface area contributed by atoms with E-state index in [2.05, 4.69) is 24.3 Å². The van der Waals surface area contributed by atoms with Crippen LogP contribution in [-0.4, -0.2) is 0 Å². The molecule has 0 N–H and O–H groups in total. The topological polar surface area (TPSA) is 0 Å². The minimum Gasteiger partial charge on any atom is -0.0840 e. The van der Waals surface area contributed by atoms with E-state index in [1.54, 1.807) is 0 Å². The molecule has 2 aromatic rings. The van der Waals surface area contributed by atoms with Crippen LogP contribution in [0, 0.1) is 0 Å². The second kappa shape index (κ2) is 2.02. The largest absolute Gasteiger partial charge is 0.0840 e. The summed E-state index contributed by atoms with van der Waals surface area (Å²) in [5.41, 5.74) is 2.79. The van der Waals surface area contributed by atoms with Crippen molar-refractivity contribution in [3.8, 4) is 0 Å². The maximum atomic E-state index is 6.04. The molecule has 0 atom stereocenters. The van der Waals surface area contributed by atoms with Gasteiger partial charge in [0.1, 0.15) is 0 Å². The summed E-state index contributed by atoms with van der Waals surface area (Å²) in [6, 6.07) is 10.5. The van der Waals surface area contributed by atoms with Gasteiger partial charge in [0, 0.05) is 11.4 Å². The second-order valence-electron chi connectivity index (χ2n) is 3.21. The molecular weight excluding hydrogens is 168 g/mol. The van der Waals surface area contributed by atoms with Crippen LogP contribution < -0.4 is 0 Å². The van der Waals surface area contributed by atoms with Crippen molar-refractivity contribution < 1.29 is 0 Å². The molecule has 0 fully saturated rings. The Kier molecular flexibility index (Phi) is 1.09. The smallest absolute Gasteiger partial charge is 0.0450 e. The third-order valence-electron chi connectivity index (χ3n) is 2.45. The highest BCUT2D eigenvalue weighted by Gasteiger charge is 2.22. The van der Waals surface area contributed by atoms with Crippen molar-refractivity contribution in [2.75, 3.05) is 0 Å². The van der Waals surface area contributed by atoms with E-state index in [1.807, 2.05) is 6.07 Å². The normalized spacial score (nSPS) is 13.1. The Morgan fingerprint density at radius 1 is 1.08 bits per heavy atom. The summed E-state index contributed by atoms with van der Waals surface area (Å²) in [7, 11) is 0. The van der Waals surface area contributed by atoms with Crippen molar-refractivity contribution in [3.63, 3.8) is 0 Å². The molecular formula is C11H7Cl. The lowest BCUT2D eigenvalue weighted by atomic mass is 10.1. The van der Waals surface area contributed by atoms with Crippen LogP contribution in [0.1, 0.15) is 11.1 Å². The van der Waals surface area contributed by atoms with Gasteiger partial charge in [-0.15, -0.1) is 0 Å². The quantitative estimate of drug-likeness (QED) is 0.490. The van der Waals surface area contributed by atoms with Crippen LogP contribution in [0.3, 0.4) is 0 Å². The van der Waals surface area contributed by atoms with Gasteiger partial charge < -0.3 is 0 Å². The molecule has 0 unspecified atom stereocenters. The Bertz CT molecular complexity index is 472. The predicted molar refractivity (Wildman–Crippen MR) is 51.8 cm³/mol. The van der Waals surface area contributed by atoms with Gasteiger partial charge >= 0.3 is 0 Å². The zero-order valence-electron chi connectivity index (χ0n) is 6.47. The van der Waals surface area contributed by atoms with E-state index in [9.17, 15) is 0 Å². The molecule has 0 saturated heterocycles. The number of hydrogen-bond acceptors (Lipinski definition) is 0. The Morgan fingerprint density at radius 3 is 2.83 bits per heavy atom. The minimum absolute atomic E-state index is 0.934. The lowest BCUT2D eigenvalue weighted by Gasteiger charge is -1.95. The maximum Gasteiger partial charge on any atom is 0.0450 e. The first-order valence-corrected chi connectivity index (χ1v) is 4.43. The molecule has 0 amide bonds. The molecule has 1 aliphatic rings. The Hall–Kier alpha value is -1.01. The minimum atomic E-state index is 0.934. The molecule has 0 bridgehead atoms. The summed E-state index contributed by atoms with van der Waals surface area (Å²) >= 11 is 6.04. The van der Waals surface area contributed by atoms with Crippen LogP contribution in [0.15, 0.2) is 30.3 Å². The summed E-state index contributed by atoms with van der Waals surface area (Å²) < 4.78 is 0. The van der Waals surface area contributed by atoms with E-state index < -0.39 is 0 Å². The van der Waals surface area contributed by atoms with Gasteiger partial charge in [-0.1, -0.05) is 35.9 Å². The van der Waals surface area contributed by atoms with Crippen LogP contribution in [0.25, 0.3) is 10.8 Å². The number of hydrogen-bond donors (Lipinski definition) is 0. The van der Waals surface area contributed by atoms with Crippen LogP contribution in [0.5, 0.6) is 0 Å². The highest BCUT2D eigenvalue weighted by Crippen LogP contribution is 2.40. The fourth-order valence-corrected chi connectivity index (χ4v) is 2.04. The average molecular weight is 175 g/mol. The lowest BCUT2D eigenvalue weighted by Crippen LogP contribution is -1.70. The lowest BCUT2D eigenvalue weighted by molar-refractivity contribution is 1.62. The third-order valence-corrected chi connectivity index (χ3v) is 2.79. The van der Waals surface area contributed by atoms with Gasteiger partial charge in [-0.2, -0.15) is 0 Å². The number of halogens is 1.